The maximum absolute atomic E-state index is 9.05. The Kier molecular flexibility index (Phi) is 5.73. The average molecular weight is 251 g/mol. The summed E-state index contributed by atoms with van der Waals surface area (Å²) in [6, 6.07) is 0. The lowest BCUT2D eigenvalue weighted by Gasteiger charge is -2.52. The van der Waals surface area contributed by atoms with Crippen LogP contribution in [0.15, 0.2) is 0 Å². The molecule has 1 rings (SSSR count). The highest BCUT2D eigenvalue weighted by Crippen LogP contribution is 2.23. The van der Waals surface area contributed by atoms with Crippen LogP contribution in [0.1, 0.15) is 47.0 Å². The largest absolute Gasteiger partial charge is 1.00 e. The first-order valence-corrected chi connectivity index (χ1v) is 6.01. The molecule has 0 atom stereocenters. The van der Waals surface area contributed by atoms with Crippen LogP contribution in [-0.2, 0) is 0 Å². The van der Waals surface area contributed by atoms with Crippen molar-refractivity contribution in [3.63, 3.8) is 0 Å². The van der Waals surface area contributed by atoms with Crippen LogP contribution in [0.4, 0.5) is 0 Å². The number of hydrogen-bond acceptors (Lipinski definition) is 2. The number of likely N-dealkylation sites (N-methyl/N-ethyl adjacent to an activating group) is 1. The Labute approximate surface area is 106 Å². The number of aliphatic hydroxyl groups is 1. The lowest BCUT2D eigenvalue weighted by Crippen LogP contribution is -3.30. The molecule has 0 aromatic carbocycles. The molecule has 4 heteroatoms. The highest BCUT2D eigenvalue weighted by molar-refractivity contribution is 4.80. The number of nitrogens with zero attached hydrogens (tertiary/aromatic N) is 1. The van der Waals surface area contributed by atoms with Crippen LogP contribution in [0.5, 0.6) is 0 Å². The molecule has 0 aliphatic carbocycles. The number of aliphatic hydroxyl groups excluding tert-OH is 1. The molecular formula is C12H27ClN2O. The van der Waals surface area contributed by atoms with Crippen molar-refractivity contribution in [1.82, 2.24) is 5.01 Å². The lowest BCUT2D eigenvalue weighted by atomic mass is 9.81. The van der Waals surface area contributed by atoms with Crippen LogP contribution in [-0.4, -0.2) is 41.4 Å². The fourth-order valence-corrected chi connectivity index (χ4v) is 3.42. The summed E-state index contributed by atoms with van der Waals surface area (Å²) in [6.45, 7) is 10.3. The molecule has 0 bridgehead atoms. The fourth-order valence-electron chi connectivity index (χ4n) is 3.42. The maximum atomic E-state index is 9.05. The van der Waals surface area contributed by atoms with E-state index in [-0.39, 0.29) is 30.1 Å². The average Bonchev–Trinajstić information content (AvgIpc) is 2.00. The van der Waals surface area contributed by atoms with E-state index in [2.05, 4.69) is 39.8 Å². The third kappa shape index (κ3) is 3.33. The summed E-state index contributed by atoms with van der Waals surface area (Å²) in [5, 5.41) is 12.8. The second-order valence-electron chi connectivity index (χ2n) is 6.12. The normalized spacial score (nSPS) is 24.2. The molecule has 1 aliphatic heterocycles. The Balaban J connectivity index is 0.00000225. The summed E-state index contributed by atoms with van der Waals surface area (Å²) in [5.74, 6) is 0. The van der Waals surface area contributed by atoms with Gasteiger partial charge in [0.1, 0.15) is 11.1 Å². The second kappa shape index (κ2) is 5.67. The van der Waals surface area contributed by atoms with Crippen LogP contribution in [0.3, 0.4) is 0 Å². The first kappa shape index (κ1) is 16.2. The summed E-state index contributed by atoms with van der Waals surface area (Å²) in [5.41, 5.74) is 0.567. The summed E-state index contributed by atoms with van der Waals surface area (Å²) in [7, 11) is 2.11. The monoisotopic (exact) mass is 250 g/mol. The summed E-state index contributed by atoms with van der Waals surface area (Å²) < 4.78 is 0. The zero-order valence-electron chi connectivity index (χ0n) is 11.3. The van der Waals surface area contributed by atoms with Crippen molar-refractivity contribution in [2.75, 3.05) is 20.2 Å². The topological polar surface area (TPSA) is 27.9 Å². The molecule has 1 fully saturated rings. The number of halogens is 1. The number of quaternary nitrogens is 1. The van der Waals surface area contributed by atoms with E-state index in [0.29, 0.717) is 0 Å². The van der Waals surface area contributed by atoms with Gasteiger partial charge in [0, 0.05) is 19.9 Å². The van der Waals surface area contributed by atoms with Crippen molar-refractivity contribution < 1.29 is 22.5 Å². The summed E-state index contributed by atoms with van der Waals surface area (Å²) in [6.07, 6.45) is 3.85. The van der Waals surface area contributed by atoms with E-state index < -0.39 is 0 Å². The molecule has 16 heavy (non-hydrogen) atoms. The van der Waals surface area contributed by atoms with Gasteiger partial charge in [-0.05, 0) is 34.1 Å². The minimum atomic E-state index is 0. The van der Waals surface area contributed by atoms with Gasteiger partial charge in [-0.3, -0.25) is 0 Å². The molecule has 1 saturated heterocycles. The number of rotatable bonds is 3. The van der Waals surface area contributed by atoms with E-state index in [1.165, 1.54) is 24.3 Å². The molecular weight excluding hydrogens is 224 g/mol. The zero-order chi connectivity index (χ0) is 11.7. The Bertz CT molecular complexity index is 203. The van der Waals surface area contributed by atoms with Crippen molar-refractivity contribution in [3.8, 4) is 0 Å². The van der Waals surface area contributed by atoms with Crippen LogP contribution in [0, 0.1) is 0 Å². The summed E-state index contributed by atoms with van der Waals surface area (Å²) >= 11 is 0. The van der Waals surface area contributed by atoms with Gasteiger partial charge in [0.2, 0.25) is 0 Å². The minimum Gasteiger partial charge on any atom is -1.00 e. The van der Waals surface area contributed by atoms with Crippen LogP contribution < -0.4 is 17.4 Å². The summed E-state index contributed by atoms with van der Waals surface area (Å²) in [4.78, 5) is 0. The quantitative estimate of drug-likeness (QED) is 0.578. The molecule has 3 nitrogen and oxygen atoms in total. The van der Waals surface area contributed by atoms with Gasteiger partial charge in [0.25, 0.3) is 0 Å². The standard InChI is InChI=1S/C12H26N2O.ClH/c1-11(2)7-6-8-12(3,4)14(11)13(5)9-10-15;/h15H,6-10H2,1-5H3;1H. The van der Waals surface area contributed by atoms with Gasteiger partial charge in [0.05, 0.1) is 13.2 Å². The molecule has 0 radical (unpaired) electrons. The molecule has 0 aromatic heterocycles. The van der Waals surface area contributed by atoms with Gasteiger partial charge in [-0.2, -0.15) is 5.01 Å². The molecule has 98 valence electrons. The predicted octanol–water partition coefficient (Wildman–Crippen LogP) is -2.54. The van der Waals surface area contributed by atoms with Crippen molar-refractivity contribution >= 4 is 0 Å². The van der Waals surface area contributed by atoms with Crippen molar-refractivity contribution in [1.29, 1.82) is 0 Å². The molecule has 1 aliphatic rings. The third-order valence-corrected chi connectivity index (χ3v) is 3.70. The van der Waals surface area contributed by atoms with Crippen LogP contribution >= 0.6 is 0 Å². The Hall–Kier alpha value is 0.170. The second-order valence-corrected chi connectivity index (χ2v) is 6.12. The zero-order valence-corrected chi connectivity index (χ0v) is 12.1. The van der Waals surface area contributed by atoms with Crippen molar-refractivity contribution in [3.05, 3.63) is 0 Å². The maximum Gasteiger partial charge on any atom is 0.110 e. The van der Waals surface area contributed by atoms with Gasteiger partial charge in [0.15, 0.2) is 0 Å². The van der Waals surface area contributed by atoms with Gasteiger partial charge in [-0.1, -0.05) is 0 Å². The van der Waals surface area contributed by atoms with Crippen molar-refractivity contribution in [2.45, 2.75) is 58.0 Å². The van der Waals surface area contributed by atoms with E-state index in [1.807, 2.05) is 0 Å². The number of piperidine rings is 1. The highest BCUT2D eigenvalue weighted by Gasteiger charge is 2.47. The molecule has 0 saturated carbocycles. The molecule has 1 heterocycles. The van der Waals surface area contributed by atoms with E-state index in [1.54, 1.807) is 0 Å². The third-order valence-electron chi connectivity index (χ3n) is 3.70. The van der Waals surface area contributed by atoms with Crippen molar-refractivity contribution in [2.24, 2.45) is 0 Å². The molecule has 2 N–H and O–H groups in total. The Morgan fingerprint density at radius 3 is 1.94 bits per heavy atom. The molecule has 0 spiro atoms. The van der Waals surface area contributed by atoms with E-state index in [4.69, 9.17) is 5.11 Å². The van der Waals surface area contributed by atoms with Gasteiger partial charge in [-0.15, -0.1) is 0 Å². The van der Waals surface area contributed by atoms with Gasteiger partial charge >= 0.3 is 0 Å². The lowest BCUT2D eigenvalue weighted by molar-refractivity contribution is -1.10. The first-order valence-electron chi connectivity index (χ1n) is 6.01. The van der Waals surface area contributed by atoms with E-state index >= 15 is 0 Å². The number of hydrogen-bond donors (Lipinski definition) is 2. The first-order chi connectivity index (χ1) is 6.81. The highest BCUT2D eigenvalue weighted by atomic mass is 35.5. The fraction of sp³-hybridized carbons (Fsp3) is 1.00. The van der Waals surface area contributed by atoms with Crippen LogP contribution in [0.25, 0.3) is 0 Å². The van der Waals surface area contributed by atoms with Crippen LogP contribution in [0.2, 0.25) is 0 Å². The Morgan fingerprint density at radius 1 is 1.12 bits per heavy atom. The predicted molar refractivity (Wildman–Crippen MR) is 62.7 cm³/mol. The minimum absolute atomic E-state index is 0. The molecule has 0 aromatic rings. The smallest absolute Gasteiger partial charge is 0.110 e. The van der Waals surface area contributed by atoms with E-state index in [9.17, 15) is 0 Å². The van der Waals surface area contributed by atoms with E-state index in [0.717, 1.165) is 6.54 Å². The molecule has 0 amide bonds. The SMILES string of the molecule is CN(CCO)[NH+]1C(C)(C)CCCC1(C)C.[Cl-]. The van der Waals surface area contributed by atoms with Gasteiger partial charge in [-0.25, -0.2) is 5.01 Å². The van der Waals surface area contributed by atoms with Gasteiger partial charge < -0.3 is 17.5 Å². The number of nitrogens with one attached hydrogen (secondary N) is 1. The molecule has 0 unspecified atom stereocenters. The Morgan fingerprint density at radius 2 is 1.56 bits per heavy atom.